The van der Waals surface area contributed by atoms with Crippen LogP contribution in [-0.4, -0.2) is 62.5 Å². The molecule has 0 aromatic heterocycles. The number of hydrogen-bond donors (Lipinski definition) is 1. The summed E-state index contributed by atoms with van der Waals surface area (Å²) in [6, 6.07) is 0. The second-order valence-electron chi connectivity index (χ2n) is 3.02. The first-order valence-corrected chi connectivity index (χ1v) is 4.60. The molecule has 0 aromatic carbocycles. The van der Waals surface area contributed by atoms with E-state index < -0.39 is 6.10 Å². The molecule has 0 saturated heterocycles. The molecule has 0 aliphatic heterocycles. The van der Waals surface area contributed by atoms with Gasteiger partial charge in [-0.2, -0.15) is 0 Å². The lowest BCUT2D eigenvalue weighted by atomic mass is 10.3. The fourth-order valence-electron chi connectivity index (χ4n) is 0.963. The topological polar surface area (TPSA) is 59.0 Å². The highest BCUT2D eigenvalue weighted by Gasteiger charge is 2.12. The standard InChI is InChI=1S/C9H19NO4/c1-4-14-7-9(12)10(2)5-8(11)6-13-3/h8,11H,4-7H2,1-3H3. The summed E-state index contributed by atoms with van der Waals surface area (Å²) < 4.78 is 9.70. The third kappa shape index (κ3) is 5.90. The molecule has 0 aliphatic rings. The average molecular weight is 205 g/mol. The summed E-state index contributed by atoms with van der Waals surface area (Å²) in [5, 5.41) is 9.33. The van der Waals surface area contributed by atoms with Crippen LogP contribution < -0.4 is 0 Å². The van der Waals surface area contributed by atoms with E-state index in [1.807, 2.05) is 6.92 Å². The lowest BCUT2D eigenvalue weighted by Crippen LogP contribution is -2.38. The summed E-state index contributed by atoms with van der Waals surface area (Å²) in [5.41, 5.74) is 0. The lowest BCUT2D eigenvalue weighted by molar-refractivity contribution is -0.136. The van der Waals surface area contributed by atoms with Crippen LogP contribution in [0.25, 0.3) is 0 Å². The zero-order chi connectivity index (χ0) is 11.0. The Morgan fingerprint density at radius 1 is 1.57 bits per heavy atom. The Morgan fingerprint density at radius 3 is 2.71 bits per heavy atom. The third-order valence-electron chi connectivity index (χ3n) is 1.70. The van der Waals surface area contributed by atoms with E-state index in [2.05, 4.69) is 0 Å². The molecule has 0 rings (SSSR count). The Hall–Kier alpha value is -0.650. The minimum Gasteiger partial charge on any atom is -0.389 e. The number of aliphatic hydroxyl groups is 1. The van der Waals surface area contributed by atoms with E-state index in [1.54, 1.807) is 7.05 Å². The number of aliphatic hydroxyl groups excluding tert-OH is 1. The Balaban J connectivity index is 3.70. The number of likely N-dealkylation sites (N-methyl/N-ethyl adjacent to an activating group) is 1. The maximum atomic E-state index is 11.3. The summed E-state index contributed by atoms with van der Waals surface area (Å²) in [7, 11) is 3.13. The molecule has 1 unspecified atom stereocenters. The first kappa shape index (κ1) is 13.4. The van der Waals surface area contributed by atoms with Gasteiger partial charge in [-0.15, -0.1) is 0 Å². The summed E-state index contributed by atoms with van der Waals surface area (Å²) in [5.74, 6) is -0.137. The minimum atomic E-state index is -0.643. The number of carbonyl (C=O) groups is 1. The highest BCUT2D eigenvalue weighted by atomic mass is 16.5. The Morgan fingerprint density at radius 2 is 2.21 bits per heavy atom. The monoisotopic (exact) mass is 205 g/mol. The van der Waals surface area contributed by atoms with Crippen molar-refractivity contribution in [2.75, 3.05) is 40.5 Å². The van der Waals surface area contributed by atoms with Gasteiger partial charge < -0.3 is 19.5 Å². The summed E-state index contributed by atoms with van der Waals surface area (Å²) in [6.07, 6.45) is -0.643. The Labute approximate surface area is 84.6 Å². The minimum absolute atomic E-state index is 0.0622. The van der Waals surface area contributed by atoms with Crippen LogP contribution >= 0.6 is 0 Å². The third-order valence-corrected chi connectivity index (χ3v) is 1.70. The summed E-state index contributed by atoms with van der Waals surface area (Å²) in [6.45, 7) is 2.89. The van der Waals surface area contributed by atoms with Crippen LogP contribution in [0.3, 0.4) is 0 Å². The maximum absolute atomic E-state index is 11.3. The van der Waals surface area contributed by atoms with E-state index in [1.165, 1.54) is 12.0 Å². The van der Waals surface area contributed by atoms with Crippen LogP contribution in [-0.2, 0) is 14.3 Å². The van der Waals surface area contributed by atoms with E-state index >= 15 is 0 Å². The van der Waals surface area contributed by atoms with Crippen LogP contribution in [0.5, 0.6) is 0 Å². The number of methoxy groups -OCH3 is 1. The van der Waals surface area contributed by atoms with Gasteiger partial charge in [0.05, 0.1) is 12.7 Å². The van der Waals surface area contributed by atoms with Gasteiger partial charge in [-0.25, -0.2) is 0 Å². The molecule has 0 radical (unpaired) electrons. The molecule has 0 heterocycles. The number of rotatable bonds is 7. The molecule has 1 N–H and O–H groups in total. The van der Waals surface area contributed by atoms with Gasteiger partial charge in [0.15, 0.2) is 0 Å². The van der Waals surface area contributed by atoms with Crippen molar-refractivity contribution >= 4 is 5.91 Å². The molecule has 5 nitrogen and oxygen atoms in total. The summed E-state index contributed by atoms with van der Waals surface area (Å²) in [4.78, 5) is 12.7. The number of amides is 1. The van der Waals surface area contributed by atoms with Gasteiger partial charge in [0.25, 0.3) is 0 Å². The van der Waals surface area contributed by atoms with Gasteiger partial charge >= 0.3 is 0 Å². The molecule has 0 bridgehead atoms. The molecule has 1 atom stereocenters. The molecule has 0 aromatic rings. The highest BCUT2D eigenvalue weighted by molar-refractivity contribution is 5.77. The first-order valence-electron chi connectivity index (χ1n) is 4.60. The van der Waals surface area contributed by atoms with E-state index in [0.29, 0.717) is 6.61 Å². The van der Waals surface area contributed by atoms with Crippen molar-refractivity contribution in [2.45, 2.75) is 13.0 Å². The van der Waals surface area contributed by atoms with Gasteiger partial charge in [0.1, 0.15) is 6.61 Å². The smallest absolute Gasteiger partial charge is 0.248 e. The molecule has 5 heteroatoms. The zero-order valence-electron chi connectivity index (χ0n) is 9.02. The SMILES string of the molecule is CCOCC(=O)N(C)CC(O)COC. The van der Waals surface area contributed by atoms with Crippen molar-refractivity contribution in [1.82, 2.24) is 4.90 Å². The number of nitrogens with zero attached hydrogens (tertiary/aromatic N) is 1. The molecule has 0 fully saturated rings. The molecule has 0 saturated carbocycles. The molecular weight excluding hydrogens is 186 g/mol. The number of carbonyl (C=O) groups excluding carboxylic acids is 1. The molecule has 84 valence electrons. The Kier molecular flexibility index (Phi) is 7.37. The predicted molar refractivity (Wildman–Crippen MR) is 52.0 cm³/mol. The predicted octanol–water partition coefficient (Wildman–Crippen LogP) is -0.511. The molecule has 0 spiro atoms. The van der Waals surface area contributed by atoms with Crippen LogP contribution in [0.4, 0.5) is 0 Å². The second-order valence-corrected chi connectivity index (χ2v) is 3.02. The van der Waals surface area contributed by atoms with Crippen molar-refractivity contribution in [3.63, 3.8) is 0 Å². The zero-order valence-corrected chi connectivity index (χ0v) is 9.02. The molecule has 14 heavy (non-hydrogen) atoms. The van der Waals surface area contributed by atoms with Gasteiger partial charge in [-0.1, -0.05) is 0 Å². The fraction of sp³-hybridized carbons (Fsp3) is 0.889. The van der Waals surface area contributed by atoms with E-state index in [0.717, 1.165) is 0 Å². The van der Waals surface area contributed by atoms with Gasteiger partial charge in [-0.05, 0) is 6.92 Å². The molecular formula is C9H19NO4. The molecule has 0 aliphatic carbocycles. The van der Waals surface area contributed by atoms with E-state index in [4.69, 9.17) is 9.47 Å². The van der Waals surface area contributed by atoms with Gasteiger partial charge in [0, 0.05) is 27.3 Å². The number of hydrogen-bond acceptors (Lipinski definition) is 4. The van der Waals surface area contributed by atoms with Gasteiger partial charge in [-0.3, -0.25) is 4.79 Å². The average Bonchev–Trinajstić information content (AvgIpc) is 2.14. The Bertz CT molecular complexity index is 163. The largest absolute Gasteiger partial charge is 0.389 e. The van der Waals surface area contributed by atoms with Crippen LogP contribution in [0.15, 0.2) is 0 Å². The lowest BCUT2D eigenvalue weighted by Gasteiger charge is -2.20. The van der Waals surface area contributed by atoms with E-state index in [9.17, 15) is 9.90 Å². The quantitative estimate of drug-likeness (QED) is 0.608. The van der Waals surface area contributed by atoms with Crippen molar-refractivity contribution in [3.8, 4) is 0 Å². The normalized spacial score (nSPS) is 12.6. The van der Waals surface area contributed by atoms with Crippen LogP contribution in [0, 0.1) is 0 Å². The molecule has 1 amide bonds. The van der Waals surface area contributed by atoms with E-state index in [-0.39, 0.29) is 25.7 Å². The number of ether oxygens (including phenoxy) is 2. The first-order chi connectivity index (χ1) is 6.61. The van der Waals surface area contributed by atoms with Crippen LogP contribution in [0.2, 0.25) is 0 Å². The van der Waals surface area contributed by atoms with Gasteiger partial charge in [0.2, 0.25) is 5.91 Å². The highest BCUT2D eigenvalue weighted by Crippen LogP contribution is 1.92. The van der Waals surface area contributed by atoms with Crippen molar-refractivity contribution in [2.24, 2.45) is 0 Å². The maximum Gasteiger partial charge on any atom is 0.248 e. The fourth-order valence-corrected chi connectivity index (χ4v) is 0.963. The van der Waals surface area contributed by atoms with Crippen molar-refractivity contribution < 1.29 is 19.4 Å². The second kappa shape index (κ2) is 7.73. The van der Waals surface area contributed by atoms with Crippen LogP contribution in [0.1, 0.15) is 6.92 Å². The summed E-state index contributed by atoms with van der Waals surface area (Å²) >= 11 is 0. The van der Waals surface area contributed by atoms with Crippen molar-refractivity contribution in [1.29, 1.82) is 0 Å². The van der Waals surface area contributed by atoms with Crippen molar-refractivity contribution in [3.05, 3.63) is 0 Å².